The van der Waals surface area contributed by atoms with Crippen molar-refractivity contribution in [3.63, 3.8) is 0 Å². The van der Waals surface area contributed by atoms with Gasteiger partial charge in [-0.2, -0.15) is 0 Å². The number of ether oxygens (including phenoxy) is 3. The van der Waals surface area contributed by atoms with Crippen molar-refractivity contribution in [3.05, 3.63) is 109 Å². The van der Waals surface area contributed by atoms with Crippen molar-refractivity contribution >= 4 is 17.9 Å². The Kier molecular flexibility index (Phi) is 55.4. The van der Waals surface area contributed by atoms with E-state index >= 15 is 0 Å². The summed E-state index contributed by atoms with van der Waals surface area (Å²) < 4.78 is 16.8. The normalized spacial score (nSPS) is 12.9. The molecule has 0 aromatic carbocycles. The molecule has 0 bridgehead atoms. The summed E-state index contributed by atoms with van der Waals surface area (Å²) in [5, 5.41) is 0. The molecule has 0 heterocycles. The van der Waals surface area contributed by atoms with Crippen molar-refractivity contribution in [2.75, 3.05) is 13.2 Å². The molecule has 6 heteroatoms. The Bertz CT molecular complexity index is 1460. The lowest BCUT2D eigenvalue weighted by atomic mass is 10.1. The van der Waals surface area contributed by atoms with Crippen molar-refractivity contribution in [1.82, 2.24) is 0 Å². The molecule has 71 heavy (non-hydrogen) atoms. The van der Waals surface area contributed by atoms with Gasteiger partial charge in [0.2, 0.25) is 0 Å². The lowest BCUT2D eigenvalue weighted by Crippen LogP contribution is -2.30. The maximum absolute atomic E-state index is 12.8. The van der Waals surface area contributed by atoms with Gasteiger partial charge in [0.15, 0.2) is 6.10 Å². The van der Waals surface area contributed by atoms with Gasteiger partial charge in [0.1, 0.15) is 13.2 Å². The van der Waals surface area contributed by atoms with Crippen LogP contribution in [0.3, 0.4) is 0 Å². The van der Waals surface area contributed by atoms with Gasteiger partial charge in [-0.05, 0) is 109 Å². The number of esters is 3. The monoisotopic (exact) mass is 985 g/mol. The summed E-state index contributed by atoms with van der Waals surface area (Å²) in [6, 6.07) is 0. The van der Waals surface area contributed by atoms with Gasteiger partial charge >= 0.3 is 17.9 Å². The molecule has 0 rings (SSSR count). The fraction of sp³-hybridized carbons (Fsp3) is 0.677. The van der Waals surface area contributed by atoms with Crippen LogP contribution in [0.5, 0.6) is 0 Å². The highest BCUT2D eigenvalue weighted by atomic mass is 16.6. The van der Waals surface area contributed by atoms with Crippen molar-refractivity contribution < 1.29 is 28.6 Å². The van der Waals surface area contributed by atoms with Crippen LogP contribution in [0.15, 0.2) is 109 Å². The van der Waals surface area contributed by atoms with Gasteiger partial charge in [-0.1, -0.05) is 246 Å². The molecular formula is C65H108O6. The van der Waals surface area contributed by atoms with E-state index in [2.05, 4.69) is 130 Å². The topological polar surface area (TPSA) is 78.9 Å². The minimum Gasteiger partial charge on any atom is -0.462 e. The highest BCUT2D eigenvalue weighted by Crippen LogP contribution is 2.14. The van der Waals surface area contributed by atoms with Gasteiger partial charge < -0.3 is 14.2 Å². The van der Waals surface area contributed by atoms with E-state index in [-0.39, 0.29) is 31.1 Å². The Labute approximate surface area is 438 Å². The zero-order valence-corrected chi connectivity index (χ0v) is 46.2. The van der Waals surface area contributed by atoms with Crippen LogP contribution in [0, 0.1) is 0 Å². The van der Waals surface area contributed by atoms with Crippen LogP contribution in [-0.2, 0) is 28.6 Å². The number of unbranched alkanes of at least 4 members (excludes halogenated alkanes) is 23. The number of hydrogen-bond acceptors (Lipinski definition) is 6. The molecule has 0 amide bonds. The second kappa shape index (κ2) is 58.6. The van der Waals surface area contributed by atoms with Crippen LogP contribution in [0.25, 0.3) is 0 Å². The van der Waals surface area contributed by atoms with E-state index in [1.807, 2.05) is 0 Å². The molecule has 0 saturated heterocycles. The molecule has 404 valence electrons. The van der Waals surface area contributed by atoms with Crippen LogP contribution in [0.1, 0.15) is 265 Å². The summed E-state index contributed by atoms with van der Waals surface area (Å²) in [5.74, 6) is -0.906. The Balaban J connectivity index is 4.14. The second-order valence-corrected chi connectivity index (χ2v) is 19.2. The van der Waals surface area contributed by atoms with Crippen molar-refractivity contribution in [2.45, 2.75) is 271 Å². The third kappa shape index (κ3) is 56.9. The molecule has 6 nitrogen and oxygen atoms in total. The van der Waals surface area contributed by atoms with E-state index in [0.717, 1.165) is 128 Å². The summed E-state index contributed by atoms with van der Waals surface area (Å²) in [7, 11) is 0. The van der Waals surface area contributed by atoms with Crippen LogP contribution < -0.4 is 0 Å². The number of carbonyl (C=O) groups is 3. The fourth-order valence-corrected chi connectivity index (χ4v) is 7.86. The molecule has 0 radical (unpaired) electrons. The first-order valence-corrected chi connectivity index (χ1v) is 29.4. The molecular weight excluding hydrogens is 877 g/mol. The molecule has 0 aromatic rings. The number of allylic oxidation sites excluding steroid dienone is 18. The van der Waals surface area contributed by atoms with Crippen molar-refractivity contribution in [2.24, 2.45) is 0 Å². The van der Waals surface area contributed by atoms with Crippen LogP contribution in [0.4, 0.5) is 0 Å². The summed E-state index contributed by atoms with van der Waals surface area (Å²) in [4.78, 5) is 37.9. The van der Waals surface area contributed by atoms with Crippen molar-refractivity contribution in [3.8, 4) is 0 Å². The molecule has 1 atom stereocenters. The Hall–Kier alpha value is -3.93. The molecule has 1 unspecified atom stereocenters. The molecule has 0 aliphatic carbocycles. The van der Waals surface area contributed by atoms with E-state index in [4.69, 9.17) is 14.2 Å². The zero-order chi connectivity index (χ0) is 51.4. The first-order chi connectivity index (χ1) is 35.0. The summed E-state index contributed by atoms with van der Waals surface area (Å²) in [6.45, 7) is 6.45. The maximum atomic E-state index is 12.8. The number of rotatable bonds is 52. The highest BCUT2D eigenvalue weighted by Gasteiger charge is 2.19. The minimum atomic E-state index is -0.782. The lowest BCUT2D eigenvalue weighted by molar-refractivity contribution is -0.167. The average Bonchev–Trinajstić information content (AvgIpc) is 3.37. The summed E-state index contributed by atoms with van der Waals surface area (Å²) >= 11 is 0. The molecule has 0 aliphatic heterocycles. The lowest BCUT2D eigenvalue weighted by Gasteiger charge is -2.18. The molecule has 0 N–H and O–H groups in total. The largest absolute Gasteiger partial charge is 0.462 e. The smallest absolute Gasteiger partial charge is 0.306 e. The van der Waals surface area contributed by atoms with Gasteiger partial charge in [-0.3, -0.25) is 14.4 Å². The van der Waals surface area contributed by atoms with E-state index in [0.29, 0.717) is 19.3 Å². The van der Waals surface area contributed by atoms with Gasteiger partial charge in [-0.25, -0.2) is 0 Å². The maximum Gasteiger partial charge on any atom is 0.306 e. The second-order valence-electron chi connectivity index (χ2n) is 19.2. The SMILES string of the molecule is CC/C=C\C/C=C\C/C=C\C/C=C\C/C=C\C/C=C\C/C=C\C/C=C\CCCCCCCCCCC(=O)OCC(COC(=O)CCCCCCCCCC)OC(=O)CCCCCCC/C=C\CCCCC. The van der Waals surface area contributed by atoms with Crippen molar-refractivity contribution in [1.29, 1.82) is 0 Å². The van der Waals surface area contributed by atoms with E-state index < -0.39 is 6.10 Å². The molecule has 0 aromatic heterocycles. The molecule has 0 aliphatic rings. The summed E-state index contributed by atoms with van der Waals surface area (Å²) in [6.07, 6.45) is 79.6. The first-order valence-electron chi connectivity index (χ1n) is 29.4. The van der Waals surface area contributed by atoms with E-state index in [9.17, 15) is 14.4 Å². The average molecular weight is 986 g/mol. The van der Waals surface area contributed by atoms with Gasteiger partial charge in [0.05, 0.1) is 0 Å². The predicted molar refractivity (Wildman–Crippen MR) is 307 cm³/mol. The van der Waals surface area contributed by atoms with Crippen LogP contribution in [-0.4, -0.2) is 37.2 Å². The van der Waals surface area contributed by atoms with Gasteiger partial charge in [0.25, 0.3) is 0 Å². The zero-order valence-electron chi connectivity index (χ0n) is 46.2. The quantitative estimate of drug-likeness (QED) is 0.0261. The summed E-state index contributed by atoms with van der Waals surface area (Å²) in [5.41, 5.74) is 0. The third-order valence-electron chi connectivity index (χ3n) is 12.3. The standard InChI is InChI=1S/C65H108O6/c1-4-7-10-13-16-19-21-23-24-25-26-27-28-29-30-31-32-33-34-35-36-37-38-39-40-41-42-43-45-46-49-52-55-58-64(67)70-61-62(60-69-63(66)57-54-51-48-18-15-12-9-6-3)71-65(68)59-56-53-50-47-44-22-20-17-14-11-8-5-2/h7,10,16-17,19-20,23-24,26-27,29-30,32-33,35-36,38-39,62H,4-6,8-9,11-15,18,21-22,25,28,31,34,37,40-61H2,1-3H3/b10-7-,19-16-,20-17-,24-23-,27-26-,30-29-,33-32-,36-35-,39-38-. The first kappa shape index (κ1) is 67.1. The number of carbonyl (C=O) groups excluding carboxylic acids is 3. The Morgan fingerprint density at radius 2 is 0.549 bits per heavy atom. The molecule has 0 spiro atoms. The predicted octanol–water partition coefficient (Wildman–Crippen LogP) is 19.9. The Morgan fingerprint density at radius 1 is 0.296 bits per heavy atom. The van der Waals surface area contributed by atoms with E-state index in [1.54, 1.807) is 0 Å². The molecule has 0 saturated carbocycles. The Morgan fingerprint density at radius 3 is 0.901 bits per heavy atom. The highest BCUT2D eigenvalue weighted by molar-refractivity contribution is 5.71. The van der Waals surface area contributed by atoms with Gasteiger partial charge in [-0.15, -0.1) is 0 Å². The minimum absolute atomic E-state index is 0.0826. The van der Waals surface area contributed by atoms with Gasteiger partial charge in [0, 0.05) is 19.3 Å². The number of hydrogen-bond donors (Lipinski definition) is 0. The third-order valence-corrected chi connectivity index (χ3v) is 12.3. The fourth-order valence-electron chi connectivity index (χ4n) is 7.86. The van der Waals surface area contributed by atoms with E-state index in [1.165, 1.54) is 96.3 Å². The van der Waals surface area contributed by atoms with Crippen LogP contribution in [0.2, 0.25) is 0 Å². The van der Waals surface area contributed by atoms with Crippen LogP contribution >= 0.6 is 0 Å². The molecule has 0 fully saturated rings.